The molecule has 0 aromatic rings. The summed E-state index contributed by atoms with van der Waals surface area (Å²) in [6.45, 7) is 11.8. The van der Waals surface area contributed by atoms with Gasteiger partial charge < -0.3 is 10.2 Å². The molecule has 0 heterocycles. The fourth-order valence-corrected chi connectivity index (χ4v) is 2.14. The fraction of sp³-hybridized carbons (Fsp3) is 0.923. The number of hydrogen-bond donors (Lipinski definition) is 1. The average Bonchev–Trinajstić information content (AvgIpc) is 2.31. The van der Waals surface area contributed by atoms with Gasteiger partial charge in [-0.3, -0.25) is 0 Å². The van der Waals surface area contributed by atoms with Crippen LogP contribution in [0.15, 0.2) is 0 Å². The van der Waals surface area contributed by atoms with Crippen molar-refractivity contribution in [2.45, 2.75) is 53.4 Å². The van der Waals surface area contributed by atoms with E-state index in [1.807, 2.05) is 0 Å². The lowest BCUT2D eigenvalue weighted by atomic mass is 9.99. The minimum atomic E-state index is 0.772. The molecule has 16 heavy (non-hydrogen) atoms. The first-order valence-electron chi connectivity index (χ1n) is 6.72. The van der Waals surface area contributed by atoms with Crippen molar-refractivity contribution < 1.29 is 0 Å². The topological polar surface area (TPSA) is 15.3 Å². The van der Waals surface area contributed by atoms with Gasteiger partial charge in [0.1, 0.15) is 0 Å². The van der Waals surface area contributed by atoms with Gasteiger partial charge in [0.25, 0.3) is 0 Å². The van der Waals surface area contributed by atoms with E-state index in [1.54, 1.807) is 0 Å². The Kier molecular flexibility index (Phi) is 9.69. The number of hydrogen-bond acceptors (Lipinski definition) is 1. The molecule has 0 aliphatic heterocycles. The largest absolute Gasteiger partial charge is 0.362 e. The van der Waals surface area contributed by atoms with E-state index < -0.39 is 0 Å². The van der Waals surface area contributed by atoms with Gasteiger partial charge in [0.2, 0.25) is 0 Å². The molecule has 0 bridgehead atoms. The highest BCUT2D eigenvalue weighted by Gasteiger charge is 2.08. The summed E-state index contributed by atoms with van der Waals surface area (Å²) in [5, 5.41) is 4.32. The summed E-state index contributed by atoms with van der Waals surface area (Å²) in [6.07, 6.45) is 5.18. The molecule has 0 radical (unpaired) electrons. The molecule has 0 rings (SSSR count). The van der Waals surface area contributed by atoms with Crippen molar-refractivity contribution in [2.24, 2.45) is 5.92 Å². The van der Waals surface area contributed by atoms with Crippen LogP contribution in [0.3, 0.4) is 0 Å². The molecule has 0 amide bonds. The molecule has 1 N–H and O–H groups in total. The SMILES string of the molecule is CCCCC(CC)CNC(=S)N(CC)CC. The van der Waals surface area contributed by atoms with E-state index in [0.29, 0.717) is 0 Å². The number of nitrogens with zero attached hydrogens (tertiary/aromatic N) is 1. The third-order valence-corrected chi connectivity index (χ3v) is 3.54. The molecule has 1 unspecified atom stereocenters. The van der Waals surface area contributed by atoms with Gasteiger partial charge in [0.05, 0.1) is 0 Å². The number of rotatable bonds is 8. The second-order valence-corrected chi connectivity index (χ2v) is 4.66. The predicted octanol–water partition coefficient (Wildman–Crippen LogP) is 3.42. The second-order valence-electron chi connectivity index (χ2n) is 4.27. The quantitative estimate of drug-likeness (QED) is 0.659. The minimum absolute atomic E-state index is 0.772. The summed E-state index contributed by atoms with van der Waals surface area (Å²) >= 11 is 5.37. The van der Waals surface area contributed by atoms with Crippen LogP contribution >= 0.6 is 12.2 Å². The highest BCUT2D eigenvalue weighted by molar-refractivity contribution is 7.80. The Bertz CT molecular complexity index is 179. The van der Waals surface area contributed by atoms with Crippen LogP contribution in [0.4, 0.5) is 0 Å². The first kappa shape index (κ1) is 15.7. The number of thiocarbonyl (C=S) groups is 1. The Balaban J connectivity index is 3.86. The number of unbranched alkanes of at least 4 members (excludes halogenated alkanes) is 1. The maximum absolute atomic E-state index is 5.37. The van der Waals surface area contributed by atoms with E-state index in [9.17, 15) is 0 Å². The minimum Gasteiger partial charge on any atom is -0.362 e. The highest BCUT2D eigenvalue weighted by Crippen LogP contribution is 2.11. The third kappa shape index (κ3) is 6.31. The van der Waals surface area contributed by atoms with E-state index in [0.717, 1.165) is 30.7 Å². The third-order valence-electron chi connectivity index (χ3n) is 3.14. The summed E-state index contributed by atoms with van der Waals surface area (Å²) in [5.41, 5.74) is 0. The molecule has 3 heteroatoms. The van der Waals surface area contributed by atoms with Gasteiger partial charge in [0.15, 0.2) is 5.11 Å². The maximum Gasteiger partial charge on any atom is 0.168 e. The molecule has 2 nitrogen and oxygen atoms in total. The van der Waals surface area contributed by atoms with E-state index in [4.69, 9.17) is 12.2 Å². The second kappa shape index (κ2) is 9.88. The fourth-order valence-electron chi connectivity index (χ4n) is 1.80. The van der Waals surface area contributed by atoms with Crippen LogP contribution in [0.5, 0.6) is 0 Å². The van der Waals surface area contributed by atoms with Crippen molar-refractivity contribution in [1.29, 1.82) is 0 Å². The van der Waals surface area contributed by atoms with Crippen LogP contribution < -0.4 is 5.32 Å². The Hall–Kier alpha value is -0.310. The van der Waals surface area contributed by atoms with Crippen molar-refractivity contribution in [3.8, 4) is 0 Å². The summed E-state index contributed by atoms with van der Waals surface area (Å²) in [5.74, 6) is 0.772. The zero-order chi connectivity index (χ0) is 12.4. The van der Waals surface area contributed by atoms with Crippen molar-refractivity contribution in [3.63, 3.8) is 0 Å². The lowest BCUT2D eigenvalue weighted by molar-refractivity contribution is 0.417. The Labute approximate surface area is 107 Å². The first-order chi connectivity index (χ1) is 7.69. The van der Waals surface area contributed by atoms with Gasteiger partial charge in [-0.25, -0.2) is 0 Å². The summed E-state index contributed by atoms with van der Waals surface area (Å²) in [7, 11) is 0. The van der Waals surface area contributed by atoms with Crippen LogP contribution in [-0.2, 0) is 0 Å². The van der Waals surface area contributed by atoms with Crippen molar-refractivity contribution in [2.75, 3.05) is 19.6 Å². The molecule has 0 aliphatic carbocycles. The molecule has 0 aromatic heterocycles. The summed E-state index contributed by atoms with van der Waals surface area (Å²) in [4.78, 5) is 2.20. The van der Waals surface area contributed by atoms with Gasteiger partial charge in [-0.15, -0.1) is 0 Å². The highest BCUT2D eigenvalue weighted by atomic mass is 32.1. The smallest absolute Gasteiger partial charge is 0.168 e. The van der Waals surface area contributed by atoms with Gasteiger partial charge in [0, 0.05) is 19.6 Å². The molecule has 0 saturated carbocycles. The van der Waals surface area contributed by atoms with Gasteiger partial charge in [-0.05, 0) is 38.4 Å². The first-order valence-corrected chi connectivity index (χ1v) is 7.13. The molecule has 0 aromatic carbocycles. The van der Waals surface area contributed by atoms with Gasteiger partial charge in [-0.1, -0.05) is 33.1 Å². The van der Waals surface area contributed by atoms with E-state index >= 15 is 0 Å². The predicted molar refractivity (Wildman–Crippen MR) is 76.8 cm³/mol. The Morgan fingerprint density at radius 2 is 1.81 bits per heavy atom. The molecular weight excluding hydrogens is 216 g/mol. The summed E-state index contributed by atoms with van der Waals surface area (Å²) in [6, 6.07) is 0. The summed E-state index contributed by atoms with van der Waals surface area (Å²) < 4.78 is 0. The normalized spacial score (nSPS) is 12.2. The van der Waals surface area contributed by atoms with Crippen LogP contribution in [0, 0.1) is 5.92 Å². The van der Waals surface area contributed by atoms with Crippen LogP contribution in [0.1, 0.15) is 53.4 Å². The Morgan fingerprint density at radius 3 is 2.25 bits per heavy atom. The van der Waals surface area contributed by atoms with Gasteiger partial charge >= 0.3 is 0 Å². The molecular formula is C13H28N2S. The molecule has 0 spiro atoms. The molecule has 96 valence electrons. The van der Waals surface area contributed by atoms with Crippen LogP contribution in [0.25, 0.3) is 0 Å². The van der Waals surface area contributed by atoms with Crippen molar-refractivity contribution >= 4 is 17.3 Å². The number of nitrogens with one attached hydrogen (secondary N) is 1. The lowest BCUT2D eigenvalue weighted by Gasteiger charge is -2.24. The lowest BCUT2D eigenvalue weighted by Crippen LogP contribution is -2.41. The van der Waals surface area contributed by atoms with E-state index in [1.165, 1.54) is 25.7 Å². The van der Waals surface area contributed by atoms with Crippen molar-refractivity contribution in [3.05, 3.63) is 0 Å². The Morgan fingerprint density at radius 1 is 1.19 bits per heavy atom. The van der Waals surface area contributed by atoms with E-state index in [-0.39, 0.29) is 0 Å². The molecule has 0 saturated heterocycles. The van der Waals surface area contributed by atoms with Crippen molar-refractivity contribution in [1.82, 2.24) is 10.2 Å². The monoisotopic (exact) mass is 244 g/mol. The standard InChI is InChI=1S/C13H28N2S/c1-5-9-10-12(6-2)11-14-13(16)15(7-3)8-4/h12H,5-11H2,1-4H3,(H,14,16). The average molecular weight is 244 g/mol. The van der Waals surface area contributed by atoms with Crippen LogP contribution in [-0.4, -0.2) is 29.6 Å². The maximum atomic E-state index is 5.37. The zero-order valence-corrected chi connectivity index (χ0v) is 12.2. The molecule has 1 atom stereocenters. The van der Waals surface area contributed by atoms with Crippen LogP contribution in [0.2, 0.25) is 0 Å². The molecule has 0 fully saturated rings. The van der Waals surface area contributed by atoms with Gasteiger partial charge in [-0.2, -0.15) is 0 Å². The molecule has 0 aliphatic rings. The zero-order valence-electron chi connectivity index (χ0n) is 11.4. The van der Waals surface area contributed by atoms with E-state index in [2.05, 4.69) is 37.9 Å².